The molecule has 0 spiro atoms. The quantitative estimate of drug-likeness (QED) is 0.317. The first-order chi connectivity index (χ1) is 14.3. The number of rotatable bonds is 5. The molecule has 3 aromatic carbocycles. The molecule has 30 heavy (non-hydrogen) atoms. The molecule has 152 valence electrons. The summed E-state index contributed by atoms with van der Waals surface area (Å²) in [7, 11) is -3.46. The third-order valence-electron chi connectivity index (χ3n) is 4.26. The number of thiazole rings is 1. The molecule has 0 aliphatic carbocycles. The Kier molecular flexibility index (Phi) is 5.97. The number of nitrogens with zero attached hydrogens (tertiary/aromatic N) is 1. The summed E-state index contributed by atoms with van der Waals surface area (Å²) in [5.74, 6) is -0.338. The van der Waals surface area contributed by atoms with Crippen LogP contribution in [0.15, 0.2) is 86.9 Å². The van der Waals surface area contributed by atoms with Gasteiger partial charge in [0.05, 0.1) is 15.5 Å². The smallest absolute Gasteiger partial charge is 0.176 e. The van der Waals surface area contributed by atoms with Crippen molar-refractivity contribution in [2.24, 2.45) is 0 Å². The van der Waals surface area contributed by atoms with Gasteiger partial charge in [0.1, 0.15) is 5.82 Å². The van der Waals surface area contributed by atoms with E-state index in [9.17, 15) is 12.8 Å². The van der Waals surface area contributed by atoms with Gasteiger partial charge in [0, 0.05) is 21.7 Å². The van der Waals surface area contributed by atoms with E-state index in [2.05, 4.69) is 0 Å². The number of halogens is 2. The zero-order chi connectivity index (χ0) is 21.3. The fourth-order valence-corrected chi connectivity index (χ4v) is 6.28. The molecule has 0 saturated heterocycles. The standard InChI is InChI=1S/C22H15ClFNO2S3/c1-30(26,27)19-8-3-2-7-18(19)20-21(14-9-11-16(24)12-10-14)29-22(25-20)28-17-6-4-5-15(23)13-17/h2-13H,1H3. The summed E-state index contributed by atoms with van der Waals surface area (Å²) in [5, 5.41) is 0.623. The molecule has 0 aliphatic rings. The molecule has 0 unspecified atom stereocenters. The molecule has 0 N–H and O–H groups in total. The van der Waals surface area contributed by atoms with Crippen molar-refractivity contribution >= 4 is 44.5 Å². The largest absolute Gasteiger partial charge is 0.229 e. The van der Waals surface area contributed by atoms with Crippen molar-refractivity contribution in [3.05, 3.63) is 83.6 Å². The van der Waals surface area contributed by atoms with Crippen molar-refractivity contribution in [3.63, 3.8) is 0 Å². The van der Waals surface area contributed by atoms with Crippen molar-refractivity contribution in [1.29, 1.82) is 0 Å². The minimum Gasteiger partial charge on any atom is -0.229 e. The fraction of sp³-hybridized carbons (Fsp3) is 0.0455. The van der Waals surface area contributed by atoms with Gasteiger partial charge in [-0.3, -0.25) is 0 Å². The van der Waals surface area contributed by atoms with Gasteiger partial charge in [0.25, 0.3) is 0 Å². The number of hydrogen-bond acceptors (Lipinski definition) is 5. The minimum absolute atomic E-state index is 0.206. The molecule has 0 saturated carbocycles. The summed E-state index contributed by atoms with van der Waals surface area (Å²) in [5.41, 5.74) is 1.84. The Morgan fingerprint density at radius 1 is 1.00 bits per heavy atom. The summed E-state index contributed by atoms with van der Waals surface area (Å²) < 4.78 is 38.9. The number of hydrogen-bond donors (Lipinski definition) is 0. The van der Waals surface area contributed by atoms with Crippen molar-refractivity contribution in [2.45, 2.75) is 14.1 Å². The highest BCUT2D eigenvalue weighted by Crippen LogP contribution is 2.43. The zero-order valence-corrected chi connectivity index (χ0v) is 18.9. The van der Waals surface area contributed by atoms with Crippen LogP contribution in [0, 0.1) is 5.82 Å². The Labute approximate surface area is 187 Å². The third-order valence-corrected chi connectivity index (χ3v) is 7.80. The number of benzene rings is 3. The second-order valence-corrected chi connectivity index (χ2v) is 11.2. The molecular weight excluding hydrogens is 461 g/mol. The molecule has 4 aromatic rings. The van der Waals surface area contributed by atoms with Crippen LogP contribution in [0.25, 0.3) is 21.7 Å². The van der Waals surface area contributed by atoms with Gasteiger partial charge in [0.15, 0.2) is 14.2 Å². The molecule has 0 amide bonds. The SMILES string of the molecule is CS(=O)(=O)c1ccccc1-c1nc(Sc2cccc(Cl)c2)sc1-c1ccc(F)cc1. The molecule has 0 bridgehead atoms. The second-order valence-electron chi connectivity index (χ2n) is 6.49. The maximum atomic E-state index is 13.5. The van der Waals surface area contributed by atoms with E-state index in [-0.39, 0.29) is 10.7 Å². The highest BCUT2D eigenvalue weighted by molar-refractivity contribution is 8.01. The van der Waals surface area contributed by atoms with Crippen LogP contribution in [0.4, 0.5) is 4.39 Å². The average molecular weight is 476 g/mol. The summed E-state index contributed by atoms with van der Waals surface area (Å²) in [6.07, 6.45) is 1.18. The molecule has 0 radical (unpaired) electrons. The first kappa shape index (κ1) is 21.1. The topological polar surface area (TPSA) is 47.0 Å². The van der Waals surface area contributed by atoms with E-state index in [0.29, 0.717) is 16.3 Å². The Hall–Kier alpha value is -2.19. The third kappa shape index (κ3) is 4.59. The van der Waals surface area contributed by atoms with Crippen LogP contribution in [0.5, 0.6) is 0 Å². The van der Waals surface area contributed by atoms with E-state index < -0.39 is 9.84 Å². The highest BCUT2D eigenvalue weighted by atomic mass is 35.5. The molecule has 3 nitrogen and oxygen atoms in total. The van der Waals surface area contributed by atoms with E-state index >= 15 is 0 Å². The Morgan fingerprint density at radius 3 is 2.43 bits per heavy atom. The van der Waals surface area contributed by atoms with E-state index in [1.807, 2.05) is 18.2 Å². The van der Waals surface area contributed by atoms with Gasteiger partial charge < -0.3 is 0 Å². The number of sulfone groups is 1. The Balaban J connectivity index is 1.89. The summed E-state index contributed by atoms with van der Waals surface area (Å²) in [4.78, 5) is 6.66. The normalized spacial score (nSPS) is 11.6. The van der Waals surface area contributed by atoms with Crippen molar-refractivity contribution in [1.82, 2.24) is 4.98 Å². The second kappa shape index (κ2) is 8.51. The molecule has 8 heteroatoms. The van der Waals surface area contributed by atoms with Crippen LogP contribution in [-0.4, -0.2) is 19.7 Å². The maximum Gasteiger partial charge on any atom is 0.176 e. The van der Waals surface area contributed by atoms with Crippen molar-refractivity contribution < 1.29 is 12.8 Å². The van der Waals surface area contributed by atoms with Gasteiger partial charge in [-0.25, -0.2) is 17.8 Å². The molecule has 1 heterocycles. The summed E-state index contributed by atoms with van der Waals surface area (Å²) >= 11 is 8.96. The van der Waals surface area contributed by atoms with E-state index in [1.165, 1.54) is 41.5 Å². The predicted octanol–water partition coefficient (Wildman–Crippen LogP) is 6.82. The van der Waals surface area contributed by atoms with Crippen molar-refractivity contribution in [2.75, 3.05) is 6.26 Å². The highest BCUT2D eigenvalue weighted by Gasteiger charge is 2.21. The molecule has 0 fully saturated rings. The van der Waals surface area contributed by atoms with E-state index in [0.717, 1.165) is 19.7 Å². The zero-order valence-electron chi connectivity index (χ0n) is 15.7. The van der Waals surface area contributed by atoms with Crippen LogP contribution < -0.4 is 0 Å². The van der Waals surface area contributed by atoms with Gasteiger partial charge in [-0.2, -0.15) is 0 Å². The van der Waals surface area contributed by atoms with Gasteiger partial charge in [0.2, 0.25) is 0 Å². The molecule has 0 aliphatic heterocycles. The molecular formula is C22H15ClFNO2S3. The monoisotopic (exact) mass is 475 g/mol. The Bertz CT molecular complexity index is 1320. The average Bonchev–Trinajstić information content (AvgIpc) is 3.11. The lowest BCUT2D eigenvalue weighted by Gasteiger charge is -2.08. The first-order valence-corrected chi connectivity index (χ1v) is 12.7. The first-order valence-electron chi connectivity index (χ1n) is 8.81. The predicted molar refractivity (Wildman–Crippen MR) is 122 cm³/mol. The van der Waals surface area contributed by atoms with E-state index in [1.54, 1.807) is 42.5 Å². The van der Waals surface area contributed by atoms with Gasteiger partial charge >= 0.3 is 0 Å². The lowest BCUT2D eigenvalue weighted by Crippen LogP contribution is -2.00. The van der Waals surface area contributed by atoms with Crippen LogP contribution in [-0.2, 0) is 9.84 Å². The van der Waals surface area contributed by atoms with Gasteiger partial charge in [-0.05, 0) is 42.0 Å². The lowest BCUT2D eigenvalue weighted by molar-refractivity contribution is 0.602. The van der Waals surface area contributed by atoms with Crippen LogP contribution in [0.3, 0.4) is 0 Å². The van der Waals surface area contributed by atoms with Gasteiger partial charge in [-0.15, -0.1) is 11.3 Å². The summed E-state index contributed by atoms with van der Waals surface area (Å²) in [6, 6.07) is 20.3. The maximum absolute atomic E-state index is 13.5. The molecule has 1 aromatic heterocycles. The lowest BCUT2D eigenvalue weighted by atomic mass is 10.1. The molecule has 4 rings (SSSR count). The fourth-order valence-electron chi connectivity index (χ4n) is 2.94. The Morgan fingerprint density at radius 2 is 1.73 bits per heavy atom. The number of aromatic nitrogens is 1. The molecule has 0 atom stereocenters. The van der Waals surface area contributed by atoms with Crippen LogP contribution in [0.2, 0.25) is 5.02 Å². The van der Waals surface area contributed by atoms with Gasteiger partial charge in [-0.1, -0.05) is 59.8 Å². The minimum atomic E-state index is -3.46. The summed E-state index contributed by atoms with van der Waals surface area (Å²) in [6.45, 7) is 0. The van der Waals surface area contributed by atoms with E-state index in [4.69, 9.17) is 16.6 Å². The van der Waals surface area contributed by atoms with Crippen LogP contribution in [0.1, 0.15) is 0 Å². The van der Waals surface area contributed by atoms with Crippen LogP contribution >= 0.6 is 34.7 Å². The van der Waals surface area contributed by atoms with Crippen molar-refractivity contribution in [3.8, 4) is 21.7 Å².